The summed E-state index contributed by atoms with van der Waals surface area (Å²) >= 11 is 0. The van der Waals surface area contributed by atoms with Crippen molar-refractivity contribution in [3.8, 4) is 5.75 Å². The molecule has 1 heterocycles. The van der Waals surface area contributed by atoms with Crippen molar-refractivity contribution < 1.29 is 14.3 Å². The summed E-state index contributed by atoms with van der Waals surface area (Å²) < 4.78 is 10.6. The standard InChI is InChI=1S/C14H20N2O3.ClH/c1-10(11-4-3-5-12(6-11)18-2)15-7-13-8-16-14(17)9-19-13;/h3-6,10,13,15H,7-9H2,1-2H3,(H,16,17);1H/t10-,13?;/m1./s1. The van der Waals surface area contributed by atoms with Crippen LogP contribution in [0.1, 0.15) is 18.5 Å². The first-order valence-corrected chi connectivity index (χ1v) is 6.44. The number of halogens is 1. The molecule has 2 N–H and O–H groups in total. The Balaban J connectivity index is 0.00000200. The first-order valence-electron chi connectivity index (χ1n) is 6.44. The van der Waals surface area contributed by atoms with Crippen molar-refractivity contribution in [2.45, 2.75) is 19.1 Å². The third kappa shape index (κ3) is 4.67. The molecular weight excluding hydrogens is 280 g/mol. The van der Waals surface area contributed by atoms with Crippen LogP contribution < -0.4 is 15.4 Å². The molecule has 1 aliphatic heterocycles. The van der Waals surface area contributed by atoms with Gasteiger partial charge in [0.2, 0.25) is 5.91 Å². The van der Waals surface area contributed by atoms with Crippen molar-refractivity contribution >= 4 is 18.3 Å². The molecule has 1 aliphatic rings. The second kappa shape index (κ2) is 8.09. The van der Waals surface area contributed by atoms with Crippen molar-refractivity contribution in [2.75, 3.05) is 26.8 Å². The van der Waals surface area contributed by atoms with Gasteiger partial charge in [0.05, 0.1) is 13.2 Å². The molecule has 1 unspecified atom stereocenters. The molecule has 2 atom stereocenters. The van der Waals surface area contributed by atoms with Crippen LogP contribution in [0.3, 0.4) is 0 Å². The Morgan fingerprint density at radius 1 is 1.55 bits per heavy atom. The van der Waals surface area contributed by atoms with Gasteiger partial charge in [-0.25, -0.2) is 0 Å². The first kappa shape index (κ1) is 16.8. The summed E-state index contributed by atoms with van der Waals surface area (Å²) in [6, 6.07) is 8.18. The van der Waals surface area contributed by atoms with Gasteiger partial charge in [0.1, 0.15) is 12.4 Å². The van der Waals surface area contributed by atoms with Gasteiger partial charge in [-0.15, -0.1) is 12.4 Å². The number of carbonyl (C=O) groups is 1. The van der Waals surface area contributed by atoms with Gasteiger partial charge in [-0.05, 0) is 24.6 Å². The Labute approximate surface area is 125 Å². The number of benzene rings is 1. The molecular formula is C14H21ClN2O3. The van der Waals surface area contributed by atoms with Crippen LogP contribution in [0.15, 0.2) is 24.3 Å². The van der Waals surface area contributed by atoms with Crippen LogP contribution in [0.5, 0.6) is 5.75 Å². The third-order valence-electron chi connectivity index (χ3n) is 3.22. The molecule has 0 aromatic heterocycles. The number of carbonyl (C=O) groups excluding carboxylic acids is 1. The molecule has 1 saturated heterocycles. The fraction of sp³-hybridized carbons (Fsp3) is 0.500. The summed E-state index contributed by atoms with van der Waals surface area (Å²) in [4.78, 5) is 11.0. The topological polar surface area (TPSA) is 59.6 Å². The number of hydrogen-bond donors (Lipinski definition) is 2. The fourth-order valence-corrected chi connectivity index (χ4v) is 2.00. The van der Waals surface area contributed by atoms with Crippen LogP contribution in [-0.4, -0.2) is 38.8 Å². The Hall–Kier alpha value is -1.30. The van der Waals surface area contributed by atoms with Gasteiger partial charge >= 0.3 is 0 Å². The van der Waals surface area contributed by atoms with Gasteiger partial charge in [0, 0.05) is 19.1 Å². The van der Waals surface area contributed by atoms with E-state index in [4.69, 9.17) is 9.47 Å². The minimum atomic E-state index is -0.0444. The number of ether oxygens (including phenoxy) is 2. The molecule has 1 fully saturated rings. The van der Waals surface area contributed by atoms with Crippen LogP contribution >= 0.6 is 12.4 Å². The zero-order chi connectivity index (χ0) is 13.7. The monoisotopic (exact) mass is 300 g/mol. The molecule has 20 heavy (non-hydrogen) atoms. The van der Waals surface area contributed by atoms with Gasteiger partial charge in [-0.2, -0.15) is 0 Å². The predicted octanol–water partition coefficient (Wildman–Crippen LogP) is 1.28. The number of nitrogens with one attached hydrogen (secondary N) is 2. The van der Waals surface area contributed by atoms with E-state index < -0.39 is 0 Å². The lowest BCUT2D eigenvalue weighted by molar-refractivity contribution is -0.132. The van der Waals surface area contributed by atoms with E-state index in [1.54, 1.807) is 7.11 Å². The summed E-state index contributed by atoms with van der Waals surface area (Å²) in [6.45, 7) is 3.52. The lowest BCUT2D eigenvalue weighted by Crippen LogP contribution is -2.47. The van der Waals surface area contributed by atoms with E-state index in [9.17, 15) is 4.79 Å². The lowest BCUT2D eigenvalue weighted by Gasteiger charge is -2.25. The van der Waals surface area contributed by atoms with Gasteiger partial charge < -0.3 is 20.1 Å². The molecule has 0 bridgehead atoms. The van der Waals surface area contributed by atoms with Crippen molar-refractivity contribution in [2.24, 2.45) is 0 Å². The smallest absolute Gasteiger partial charge is 0.246 e. The number of methoxy groups -OCH3 is 1. The maximum Gasteiger partial charge on any atom is 0.246 e. The Bertz CT molecular complexity index is 432. The van der Waals surface area contributed by atoms with Gasteiger partial charge in [0.25, 0.3) is 0 Å². The van der Waals surface area contributed by atoms with Gasteiger partial charge in [-0.1, -0.05) is 12.1 Å². The zero-order valence-electron chi connectivity index (χ0n) is 11.7. The lowest BCUT2D eigenvalue weighted by atomic mass is 10.1. The minimum absolute atomic E-state index is 0. The van der Waals surface area contributed by atoms with E-state index in [-0.39, 0.29) is 37.1 Å². The zero-order valence-corrected chi connectivity index (χ0v) is 12.5. The van der Waals surface area contributed by atoms with Crippen molar-refractivity contribution in [3.05, 3.63) is 29.8 Å². The quantitative estimate of drug-likeness (QED) is 0.860. The van der Waals surface area contributed by atoms with Crippen LogP contribution in [0.2, 0.25) is 0 Å². The number of rotatable bonds is 5. The predicted molar refractivity (Wildman–Crippen MR) is 79.4 cm³/mol. The average molecular weight is 301 g/mol. The molecule has 5 nitrogen and oxygen atoms in total. The van der Waals surface area contributed by atoms with Crippen molar-refractivity contribution in [3.63, 3.8) is 0 Å². The largest absolute Gasteiger partial charge is 0.497 e. The van der Waals surface area contributed by atoms with E-state index in [1.807, 2.05) is 18.2 Å². The van der Waals surface area contributed by atoms with E-state index in [0.717, 1.165) is 5.75 Å². The minimum Gasteiger partial charge on any atom is -0.497 e. The molecule has 0 radical (unpaired) electrons. The van der Waals surface area contributed by atoms with Crippen LogP contribution in [-0.2, 0) is 9.53 Å². The summed E-state index contributed by atoms with van der Waals surface area (Å²) in [7, 11) is 1.66. The van der Waals surface area contributed by atoms with E-state index in [2.05, 4.69) is 23.6 Å². The number of amides is 1. The highest BCUT2D eigenvalue weighted by atomic mass is 35.5. The molecule has 2 rings (SSSR count). The molecule has 1 aromatic rings. The Kier molecular flexibility index (Phi) is 6.78. The van der Waals surface area contributed by atoms with E-state index >= 15 is 0 Å². The summed E-state index contributed by atoms with van der Waals surface area (Å²) in [6.07, 6.45) is 0.0331. The second-order valence-electron chi connectivity index (χ2n) is 4.64. The number of morpholine rings is 1. The fourth-order valence-electron chi connectivity index (χ4n) is 2.00. The van der Waals surface area contributed by atoms with E-state index in [1.165, 1.54) is 5.56 Å². The Morgan fingerprint density at radius 3 is 3.00 bits per heavy atom. The molecule has 1 amide bonds. The molecule has 1 aromatic carbocycles. The normalized spacial score (nSPS) is 19.7. The van der Waals surface area contributed by atoms with Crippen molar-refractivity contribution in [1.29, 1.82) is 0 Å². The summed E-state index contributed by atoms with van der Waals surface area (Å²) in [5, 5.41) is 6.19. The molecule has 0 saturated carbocycles. The highest BCUT2D eigenvalue weighted by molar-refractivity contribution is 5.85. The average Bonchev–Trinajstić information content (AvgIpc) is 2.46. The highest BCUT2D eigenvalue weighted by Gasteiger charge is 2.18. The Morgan fingerprint density at radius 2 is 2.35 bits per heavy atom. The van der Waals surface area contributed by atoms with Gasteiger partial charge in [0.15, 0.2) is 0 Å². The maximum absolute atomic E-state index is 11.0. The molecule has 6 heteroatoms. The first-order chi connectivity index (χ1) is 9.19. The summed E-state index contributed by atoms with van der Waals surface area (Å²) in [5.74, 6) is 0.810. The number of hydrogen-bond acceptors (Lipinski definition) is 4. The second-order valence-corrected chi connectivity index (χ2v) is 4.64. The molecule has 112 valence electrons. The van der Waals surface area contributed by atoms with Crippen LogP contribution in [0, 0.1) is 0 Å². The SMILES string of the molecule is COc1cccc([C@@H](C)NCC2CNC(=O)CO2)c1.Cl. The maximum atomic E-state index is 11.0. The highest BCUT2D eigenvalue weighted by Crippen LogP contribution is 2.18. The van der Waals surface area contributed by atoms with Crippen LogP contribution in [0.4, 0.5) is 0 Å². The van der Waals surface area contributed by atoms with Crippen LogP contribution in [0.25, 0.3) is 0 Å². The molecule has 0 spiro atoms. The van der Waals surface area contributed by atoms with Gasteiger partial charge in [-0.3, -0.25) is 4.79 Å². The molecule has 0 aliphatic carbocycles. The third-order valence-corrected chi connectivity index (χ3v) is 3.22. The van der Waals surface area contributed by atoms with E-state index in [0.29, 0.717) is 13.1 Å². The van der Waals surface area contributed by atoms with Crippen molar-refractivity contribution in [1.82, 2.24) is 10.6 Å². The summed E-state index contributed by atoms with van der Waals surface area (Å²) in [5.41, 5.74) is 1.17.